The first-order valence-corrected chi connectivity index (χ1v) is 9.38. The Morgan fingerprint density at radius 1 is 1.09 bits per heavy atom. The monoisotopic (exact) mass is 413 g/mol. The predicted octanol–water partition coefficient (Wildman–Crippen LogP) is 3.25. The van der Waals surface area contributed by atoms with Gasteiger partial charge in [0, 0.05) is 10.2 Å². The summed E-state index contributed by atoms with van der Waals surface area (Å²) in [5.74, 6) is 0. The van der Waals surface area contributed by atoms with Crippen molar-refractivity contribution in [2.45, 2.75) is 18.7 Å². The number of aryl methyl sites for hydroxylation is 2. The Morgan fingerprint density at radius 3 is 2.35 bits per heavy atom. The topological polar surface area (TPSA) is 70.2 Å². The van der Waals surface area contributed by atoms with Crippen molar-refractivity contribution in [2.75, 3.05) is 5.32 Å². The van der Waals surface area contributed by atoms with Gasteiger partial charge in [-0.3, -0.25) is 5.43 Å². The van der Waals surface area contributed by atoms with E-state index in [9.17, 15) is 8.42 Å². The molecule has 5 nitrogen and oxygen atoms in total. The number of sulfonamides is 1. The van der Waals surface area contributed by atoms with E-state index in [4.69, 9.17) is 12.2 Å². The molecule has 122 valence electrons. The van der Waals surface area contributed by atoms with Crippen LogP contribution in [0.2, 0.25) is 0 Å². The van der Waals surface area contributed by atoms with Gasteiger partial charge in [-0.25, -0.2) is 8.42 Å². The van der Waals surface area contributed by atoms with E-state index < -0.39 is 10.0 Å². The standard InChI is InChI=1S/C15H16BrN3O2S2/c1-10-3-6-13(7-4-10)23(20,21)19-18-15(22)17-12-5-8-14(16)11(2)9-12/h3-9,19H,1-2H3,(H2,17,18,22). The molecule has 0 saturated carbocycles. The number of nitrogens with one attached hydrogen (secondary N) is 3. The lowest BCUT2D eigenvalue weighted by molar-refractivity contribution is 0.578. The van der Waals surface area contributed by atoms with E-state index in [-0.39, 0.29) is 10.0 Å². The van der Waals surface area contributed by atoms with Crippen molar-refractivity contribution in [3.8, 4) is 0 Å². The van der Waals surface area contributed by atoms with Crippen LogP contribution in [0.25, 0.3) is 0 Å². The van der Waals surface area contributed by atoms with Crippen LogP contribution in [-0.4, -0.2) is 13.5 Å². The van der Waals surface area contributed by atoms with E-state index in [0.29, 0.717) is 0 Å². The largest absolute Gasteiger partial charge is 0.332 e. The van der Waals surface area contributed by atoms with Gasteiger partial charge in [-0.1, -0.05) is 33.6 Å². The highest BCUT2D eigenvalue weighted by molar-refractivity contribution is 9.10. The van der Waals surface area contributed by atoms with Crippen molar-refractivity contribution < 1.29 is 8.42 Å². The van der Waals surface area contributed by atoms with Crippen LogP contribution in [0, 0.1) is 13.8 Å². The number of thiocarbonyl (C=S) groups is 1. The average Bonchev–Trinajstić information content (AvgIpc) is 2.50. The van der Waals surface area contributed by atoms with E-state index in [1.54, 1.807) is 12.1 Å². The number of hydrogen-bond donors (Lipinski definition) is 3. The van der Waals surface area contributed by atoms with Gasteiger partial charge in [0.1, 0.15) is 0 Å². The highest BCUT2D eigenvalue weighted by Gasteiger charge is 2.13. The van der Waals surface area contributed by atoms with E-state index in [1.807, 2.05) is 32.0 Å². The number of anilines is 1. The molecule has 0 radical (unpaired) electrons. The molecule has 0 fully saturated rings. The lowest BCUT2D eigenvalue weighted by Crippen LogP contribution is -2.43. The van der Waals surface area contributed by atoms with Gasteiger partial charge in [-0.15, -0.1) is 4.83 Å². The van der Waals surface area contributed by atoms with Crippen molar-refractivity contribution in [3.63, 3.8) is 0 Å². The van der Waals surface area contributed by atoms with Gasteiger partial charge < -0.3 is 5.32 Å². The quantitative estimate of drug-likeness (QED) is 0.529. The van der Waals surface area contributed by atoms with Crippen LogP contribution < -0.4 is 15.6 Å². The maximum atomic E-state index is 12.1. The molecule has 0 saturated heterocycles. The molecular formula is C15H16BrN3O2S2. The average molecular weight is 414 g/mol. The summed E-state index contributed by atoms with van der Waals surface area (Å²) in [6.45, 7) is 3.84. The summed E-state index contributed by atoms with van der Waals surface area (Å²) in [7, 11) is -3.68. The summed E-state index contributed by atoms with van der Waals surface area (Å²) in [4.78, 5) is 2.41. The highest BCUT2D eigenvalue weighted by atomic mass is 79.9. The predicted molar refractivity (Wildman–Crippen MR) is 99.7 cm³/mol. The second-order valence-electron chi connectivity index (χ2n) is 4.96. The fourth-order valence-corrected chi connectivity index (χ4v) is 3.10. The van der Waals surface area contributed by atoms with Crippen molar-refractivity contribution in [3.05, 3.63) is 58.1 Å². The summed E-state index contributed by atoms with van der Waals surface area (Å²) in [5.41, 5.74) is 5.28. The highest BCUT2D eigenvalue weighted by Crippen LogP contribution is 2.19. The third-order valence-electron chi connectivity index (χ3n) is 3.05. The molecule has 0 bridgehead atoms. The Hall–Kier alpha value is -1.48. The van der Waals surface area contributed by atoms with Crippen LogP contribution in [-0.2, 0) is 10.0 Å². The van der Waals surface area contributed by atoms with Gasteiger partial charge in [0.05, 0.1) is 4.90 Å². The van der Waals surface area contributed by atoms with E-state index in [1.165, 1.54) is 12.1 Å². The third-order valence-corrected chi connectivity index (χ3v) is 5.40. The van der Waals surface area contributed by atoms with Crippen LogP contribution in [0.15, 0.2) is 51.8 Å². The number of hydrogen-bond acceptors (Lipinski definition) is 3. The van der Waals surface area contributed by atoms with Crippen LogP contribution in [0.3, 0.4) is 0 Å². The van der Waals surface area contributed by atoms with Gasteiger partial charge in [0.2, 0.25) is 0 Å². The Kier molecular flexibility index (Phi) is 5.74. The third kappa shape index (κ3) is 5.00. The fraction of sp³-hybridized carbons (Fsp3) is 0.133. The van der Waals surface area contributed by atoms with Crippen molar-refractivity contribution in [1.29, 1.82) is 0 Å². The van der Waals surface area contributed by atoms with Gasteiger partial charge in [0.15, 0.2) is 5.11 Å². The van der Waals surface area contributed by atoms with Crippen molar-refractivity contribution in [1.82, 2.24) is 10.3 Å². The first kappa shape index (κ1) is 17.9. The lowest BCUT2D eigenvalue weighted by Gasteiger charge is -2.13. The molecule has 0 aliphatic heterocycles. The molecule has 2 aromatic rings. The van der Waals surface area contributed by atoms with Crippen LogP contribution in [0.1, 0.15) is 11.1 Å². The molecule has 2 rings (SSSR count). The first-order valence-electron chi connectivity index (χ1n) is 6.69. The molecule has 0 aliphatic rings. The minimum absolute atomic E-state index is 0.155. The van der Waals surface area contributed by atoms with Gasteiger partial charge >= 0.3 is 0 Å². The molecule has 0 aromatic heterocycles. The molecule has 2 aromatic carbocycles. The number of halogens is 1. The molecule has 0 spiro atoms. The van der Waals surface area contributed by atoms with Gasteiger partial charge in [-0.05, 0) is 62.0 Å². The number of rotatable bonds is 4. The Bertz CT molecular complexity index is 821. The van der Waals surface area contributed by atoms with E-state index >= 15 is 0 Å². The molecule has 8 heteroatoms. The Balaban J connectivity index is 1.98. The second-order valence-corrected chi connectivity index (χ2v) is 7.91. The normalized spacial score (nSPS) is 11.1. The zero-order valence-electron chi connectivity index (χ0n) is 12.6. The molecule has 0 heterocycles. The van der Waals surface area contributed by atoms with Crippen LogP contribution in [0.5, 0.6) is 0 Å². The molecule has 23 heavy (non-hydrogen) atoms. The summed E-state index contributed by atoms with van der Waals surface area (Å²) >= 11 is 8.51. The molecular weight excluding hydrogens is 398 g/mol. The van der Waals surface area contributed by atoms with Crippen molar-refractivity contribution in [2.24, 2.45) is 0 Å². The molecule has 0 atom stereocenters. The summed E-state index contributed by atoms with van der Waals surface area (Å²) in [6, 6.07) is 12.1. The molecule has 3 N–H and O–H groups in total. The fourth-order valence-electron chi connectivity index (χ4n) is 1.77. The van der Waals surface area contributed by atoms with E-state index in [0.717, 1.165) is 21.3 Å². The zero-order valence-corrected chi connectivity index (χ0v) is 15.8. The molecule has 0 aliphatic carbocycles. The summed E-state index contributed by atoms with van der Waals surface area (Å²) in [6.07, 6.45) is 0. The SMILES string of the molecule is Cc1ccc(S(=O)(=O)NNC(=S)Nc2ccc(Br)c(C)c2)cc1. The lowest BCUT2D eigenvalue weighted by atomic mass is 10.2. The molecule has 0 unspecified atom stereocenters. The van der Waals surface area contributed by atoms with E-state index in [2.05, 4.69) is 31.5 Å². The smallest absolute Gasteiger partial charge is 0.257 e. The first-order chi connectivity index (χ1) is 10.8. The Morgan fingerprint density at radius 2 is 1.74 bits per heavy atom. The zero-order chi connectivity index (χ0) is 17.0. The maximum Gasteiger partial charge on any atom is 0.257 e. The number of hydrazine groups is 1. The minimum atomic E-state index is -3.68. The van der Waals surface area contributed by atoms with Crippen molar-refractivity contribution >= 4 is 49.0 Å². The van der Waals surface area contributed by atoms with Gasteiger partial charge in [-0.2, -0.15) is 0 Å². The van der Waals surface area contributed by atoms with Crippen LogP contribution in [0.4, 0.5) is 5.69 Å². The maximum absolute atomic E-state index is 12.1. The molecule has 0 amide bonds. The van der Waals surface area contributed by atoms with Gasteiger partial charge in [0.25, 0.3) is 10.0 Å². The van der Waals surface area contributed by atoms with Crippen LogP contribution >= 0.6 is 28.1 Å². The number of benzene rings is 2. The summed E-state index contributed by atoms with van der Waals surface area (Å²) < 4.78 is 25.3. The Labute approximate surface area is 149 Å². The minimum Gasteiger partial charge on any atom is -0.332 e. The second kappa shape index (κ2) is 7.39. The summed E-state index contributed by atoms with van der Waals surface area (Å²) in [5, 5.41) is 3.07.